The number of hydrogen-bond donors (Lipinski definition) is 0. The minimum atomic E-state index is 0.579. The maximum absolute atomic E-state index is 6.11. The number of nitrogens with zero attached hydrogens (tertiary/aromatic N) is 2. The molecule has 2 aromatic rings. The first-order valence-corrected chi connectivity index (χ1v) is 8.02. The number of anilines is 2. The van der Waals surface area contributed by atoms with E-state index < -0.39 is 0 Å². The lowest BCUT2D eigenvalue weighted by molar-refractivity contribution is 0.652. The zero-order valence-corrected chi connectivity index (χ0v) is 13.2. The Labute approximate surface area is 131 Å². The van der Waals surface area contributed by atoms with E-state index in [1.807, 2.05) is 0 Å². The number of benzene rings is 2. The summed E-state index contributed by atoms with van der Waals surface area (Å²) in [5.74, 6) is 0.579. The molecular formula is C18H21ClN2. The molecule has 2 aromatic carbocycles. The van der Waals surface area contributed by atoms with Gasteiger partial charge < -0.3 is 9.80 Å². The third-order valence-corrected chi connectivity index (χ3v) is 4.41. The van der Waals surface area contributed by atoms with Crippen molar-refractivity contribution in [1.82, 2.24) is 0 Å². The van der Waals surface area contributed by atoms with Crippen molar-refractivity contribution in [3.8, 4) is 0 Å². The van der Waals surface area contributed by atoms with Crippen molar-refractivity contribution in [1.29, 1.82) is 0 Å². The smallest absolute Gasteiger partial charge is 0.0494 e. The summed E-state index contributed by atoms with van der Waals surface area (Å²) in [4.78, 5) is 4.90. The molecule has 3 heteroatoms. The molecule has 1 aliphatic rings. The molecule has 0 amide bonds. The number of hydrogen-bond acceptors (Lipinski definition) is 2. The highest BCUT2D eigenvalue weighted by Crippen LogP contribution is 2.26. The highest BCUT2D eigenvalue weighted by atomic mass is 35.5. The molecular weight excluding hydrogens is 280 g/mol. The van der Waals surface area contributed by atoms with E-state index in [-0.39, 0.29) is 0 Å². The van der Waals surface area contributed by atoms with Crippen molar-refractivity contribution >= 4 is 23.0 Å². The average molecular weight is 301 g/mol. The lowest BCUT2D eigenvalue weighted by Crippen LogP contribution is -2.46. The molecule has 0 spiro atoms. The van der Waals surface area contributed by atoms with Gasteiger partial charge in [0, 0.05) is 43.4 Å². The third kappa shape index (κ3) is 3.16. The molecule has 1 saturated heterocycles. The summed E-state index contributed by atoms with van der Waals surface area (Å²) in [6, 6.07) is 17.2. The third-order valence-electron chi connectivity index (χ3n) is 4.12. The van der Waals surface area contributed by atoms with Crippen LogP contribution in [0.1, 0.15) is 11.1 Å². The van der Waals surface area contributed by atoms with Gasteiger partial charge >= 0.3 is 0 Å². The minimum Gasteiger partial charge on any atom is -0.368 e. The van der Waals surface area contributed by atoms with Crippen molar-refractivity contribution in [3.05, 3.63) is 59.7 Å². The van der Waals surface area contributed by atoms with Gasteiger partial charge in [0.2, 0.25) is 0 Å². The van der Waals surface area contributed by atoms with Crippen molar-refractivity contribution in [2.24, 2.45) is 0 Å². The Morgan fingerprint density at radius 3 is 2.24 bits per heavy atom. The van der Waals surface area contributed by atoms with Crippen LogP contribution in [0.25, 0.3) is 0 Å². The van der Waals surface area contributed by atoms with Gasteiger partial charge in [-0.3, -0.25) is 0 Å². The fourth-order valence-electron chi connectivity index (χ4n) is 2.97. The highest BCUT2D eigenvalue weighted by molar-refractivity contribution is 6.17. The van der Waals surface area contributed by atoms with Crippen LogP contribution in [0.2, 0.25) is 0 Å². The van der Waals surface area contributed by atoms with Crippen molar-refractivity contribution in [2.75, 3.05) is 36.0 Å². The van der Waals surface area contributed by atoms with Crippen LogP contribution in [-0.2, 0) is 5.88 Å². The first kappa shape index (κ1) is 14.3. The van der Waals surface area contributed by atoms with Crippen LogP contribution in [0.4, 0.5) is 11.4 Å². The van der Waals surface area contributed by atoms with E-state index in [0.717, 1.165) is 26.2 Å². The zero-order chi connectivity index (χ0) is 14.7. The first-order chi connectivity index (χ1) is 10.3. The normalized spacial score (nSPS) is 15.3. The van der Waals surface area contributed by atoms with Crippen molar-refractivity contribution in [3.63, 3.8) is 0 Å². The average Bonchev–Trinajstić information content (AvgIpc) is 2.56. The molecule has 2 nitrogen and oxygen atoms in total. The Hall–Kier alpha value is -1.67. The number of para-hydroxylation sites is 1. The number of alkyl halides is 1. The summed E-state index contributed by atoms with van der Waals surface area (Å²) >= 11 is 6.11. The molecule has 0 saturated carbocycles. The van der Waals surface area contributed by atoms with E-state index in [2.05, 4.69) is 65.3 Å². The number of aryl methyl sites for hydroxylation is 1. The van der Waals surface area contributed by atoms with Crippen LogP contribution in [-0.4, -0.2) is 26.2 Å². The summed E-state index contributed by atoms with van der Waals surface area (Å²) in [6.45, 7) is 6.32. The molecule has 21 heavy (non-hydrogen) atoms. The monoisotopic (exact) mass is 300 g/mol. The standard InChI is InChI=1S/C18H21ClN2/c1-15-7-8-18(16(13-15)14-19)21-11-9-20(10-12-21)17-5-3-2-4-6-17/h2-8,13H,9-12,14H2,1H3. The van der Waals surface area contributed by atoms with Crippen molar-refractivity contribution in [2.45, 2.75) is 12.8 Å². The van der Waals surface area contributed by atoms with Crippen molar-refractivity contribution < 1.29 is 0 Å². The van der Waals surface area contributed by atoms with Crippen LogP contribution >= 0.6 is 11.6 Å². The van der Waals surface area contributed by atoms with Crippen LogP contribution < -0.4 is 9.80 Å². The fraction of sp³-hybridized carbons (Fsp3) is 0.333. The number of halogens is 1. The number of rotatable bonds is 3. The lowest BCUT2D eigenvalue weighted by atomic mass is 10.1. The Morgan fingerprint density at radius 2 is 1.57 bits per heavy atom. The van der Waals surface area contributed by atoms with Gasteiger partial charge in [0.1, 0.15) is 0 Å². The second kappa shape index (κ2) is 6.40. The van der Waals surface area contributed by atoms with Gasteiger partial charge in [0.25, 0.3) is 0 Å². The molecule has 110 valence electrons. The molecule has 0 aliphatic carbocycles. The van der Waals surface area contributed by atoms with E-state index in [9.17, 15) is 0 Å². The molecule has 0 unspecified atom stereocenters. The summed E-state index contributed by atoms with van der Waals surface area (Å²) in [7, 11) is 0. The van der Waals surface area contributed by atoms with E-state index >= 15 is 0 Å². The second-order valence-electron chi connectivity index (χ2n) is 5.58. The van der Waals surface area contributed by atoms with Crippen LogP contribution in [0.5, 0.6) is 0 Å². The molecule has 0 atom stereocenters. The Morgan fingerprint density at radius 1 is 0.905 bits per heavy atom. The predicted octanol–water partition coefficient (Wildman–Crippen LogP) is 4.06. The summed E-state index contributed by atoms with van der Waals surface area (Å²) < 4.78 is 0. The SMILES string of the molecule is Cc1ccc(N2CCN(c3ccccc3)CC2)c(CCl)c1. The van der Waals surface area contributed by atoms with E-state index in [4.69, 9.17) is 11.6 Å². The Kier molecular flexibility index (Phi) is 4.35. The molecule has 0 aromatic heterocycles. The maximum atomic E-state index is 6.11. The second-order valence-corrected chi connectivity index (χ2v) is 5.84. The summed E-state index contributed by atoms with van der Waals surface area (Å²) in [5, 5.41) is 0. The van der Waals surface area contributed by atoms with Crippen LogP contribution in [0, 0.1) is 6.92 Å². The largest absolute Gasteiger partial charge is 0.368 e. The molecule has 0 radical (unpaired) electrons. The topological polar surface area (TPSA) is 6.48 Å². The molecule has 0 bridgehead atoms. The van der Waals surface area contributed by atoms with Gasteiger partial charge in [-0.05, 0) is 30.7 Å². The molecule has 3 rings (SSSR count). The molecule has 1 fully saturated rings. The minimum absolute atomic E-state index is 0.579. The van der Waals surface area contributed by atoms with Gasteiger partial charge in [0.15, 0.2) is 0 Å². The summed E-state index contributed by atoms with van der Waals surface area (Å²) in [6.07, 6.45) is 0. The fourth-order valence-corrected chi connectivity index (χ4v) is 3.19. The molecule has 1 heterocycles. The first-order valence-electron chi connectivity index (χ1n) is 7.48. The van der Waals surface area contributed by atoms with Gasteiger partial charge in [-0.1, -0.05) is 35.9 Å². The van der Waals surface area contributed by atoms with E-state index in [1.165, 1.54) is 22.5 Å². The van der Waals surface area contributed by atoms with Gasteiger partial charge in [-0.15, -0.1) is 11.6 Å². The maximum Gasteiger partial charge on any atom is 0.0494 e. The van der Waals surface area contributed by atoms with E-state index in [0.29, 0.717) is 5.88 Å². The quantitative estimate of drug-likeness (QED) is 0.789. The van der Waals surface area contributed by atoms with E-state index in [1.54, 1.807) is 0 Å². The lowest BCUT2D eigenvalue weighted by Gasteiger charge is -2.38. The molecule has 0 N–H and O–H groups in total. The Balaban J connectivity index is 1.71. The van der Waals surface area contributed by atoms with Crippen LogP contribution in [0.3, 0.4) is 0 Å². The zero-order valence-electron chi connectivity index (χ0n) is 12.4. The van der Waals surface area contributed by atoms with Gasteiger partial charge in [0.05, 0.1) is 0 Å². The predicted molar refractivity (Wildman–Crippen MR) is 91.6 cm³/mol. The van der Waals surface area contributed by atoms with Gasteiger partial charge in [-0.25, -0.2) is 0 Å². The van der Waals surface area contributed by atoms with Gasteiger partial charge in [-0.2, -0.15) is 0 Å². The number of piperazine rings is 1. The molecule has 1 aliphatic heterocycles. The van der Waals surface area contributed by atoms with Crippen LogP contribution in [0.15, 0.2) is 48.5 Å². The highest BCUT2D eigenvalue weighted by Gasteiger charge is 2.19. The summed E-state index contributed by atoms with van der Waals surface area (Å²) in [5.41, 5.74) is 5.13. The Bertz CT molecular complexity index is 589.